The minimum Gasteiger partial charge on any atom is -0.481 e. The molecule has 2 rings (SSSR count). The topological polar surface area (TPSA) is 78.9 Å². The fraction of sp³-hybridized carbons (Fsp3) is 0.867. The van der Waals surface area contributed by atoms with Crippen molar-refractivity contribution < 1.29 is 19.4 Å². The maximum absolute atomic E-state index is 12.0. The molecular formula is C15H26N2O4. The van der Waals surface area contributed by atoms with Crippen molar-refractivity contribution in [2.45, 2.75) is 64.1 Å². The summed E-state index contributed by atoms with van der Waals surface area (Å²) in [5, 5.41) is 12.6. The fourth-order valence-electron chi connectivity index (χ4n) is 2.95. The summed E-state index contributed by atoms with van der Waals surface area (Å²) in [6, 6.07) is 0.398. The highest BCUT2D eigenvalue weighted by Crippen LogP contribution is 2.38. The number of aliphatic carboxylic acids is 1. The van der Waals surface area contributed by atoms with E-state index in [-0.39, 0.29) is 12.5 Å². The molecule has 1 aliphatic carbocycles. The zero-order valence-electron chi connectivity index (χ0n) is 13.3. The second-order valence-electron chi connectivity index (χ2n) is 7.34. The van der Waals surface area contributed by atoms with E-state index in [1.54, 1.807) is 4.90 Å². The predicted octanol–water partition coefficient (Wildman–Crippen LogP) is 1.84. The van der Waals surface area contributed by atoms with Gasteiger partial charge in [0.1, 0.15) is 5.60 Å². The lowest BCUT2D eigenvalue weighted by molar-refractivity contribution is -0.141. The quantitative estimate of drug-likeness (QED) is 0.809. The first-order valence-electron chi connectivity index (χ1n) is 7.61. The van der Waals surface area contributed by atoms with Crippen molar-refractivity contribution in [3.05, 3.63) is 0 Å². The van der Waals surface area contributed by atoms with Gasteiger partial charge in [0.2, 0.25) is 0 Å². The molecule has 1 aliphatic heterocycles. The largest absolute Gasteiger partial charge is 0.481 e. The Labute approximate surface area is 125 Å². The Morgan fingerprint density at radius 2 is 2.00 bits per heavy atom. The summed E-state index contributed by atoms with van der Waals surface area (Å²) < 4.78 is 5.31. The number of carbonyl (C=O) groups is 2. The van der Waals surface area contributed by atoms with Crippen LogP contribution in [0, 0.1) is 5.92 Å². The summed E-state index contributed by atoms with van der Waals surface area (Å²) in [5.41, 5.74) is -1.02. The standard InChI is InChI=1S/C15H26N2O4/c1-5-10-6-11(10)16-15(7-12(18)19)8-17(9-15)13(20)21-14(2,3)4/h10-11,16H,5-9H2,1-4H3,(H,18,19). The summed E-state index contributed by atoms with van der Waals surface area (Å²) in [6.07, 6.45) is 1.88. The number of ether oxygens (including phenoxy) is 1. The molecule has 120 valence electrons. The molecule has 0 bridgehead atoms. The van der Waals surface area contributed by atoms with Gasteiger partial charge < -0.3 is 20.1 Å². The van der Waals surface area contributed by atoms with E-state index in [2.05, 4.69) is 12.2 Å². The highest BCUT2D eigenvalue weighted by molar-refractivity contribution is 5.73. The maximum Gasteiger partial charge on any atom is 0.410 e. The Morgan fingerprint density at radius 3 is 2.43 bits per heavy atom. The third-order valence-corrected chi connectivity index (χ3v) is 4.07. The SMILES string of the molecule is CCC1CC1NC1(CC(=O)O)CN(C(=O)OC(C)(C)C)C1. The summed E-state index contributed by atoms with van der Waals surface area (Å²) in [4.78, 5) is 24.6. The fourth-order valence-corrected chi connectivity index (χ4v) is 2.95. The Bertz CT molecular complexity index is 424. The number of carboxylic acids is 1. The number of nitrogens with zero attached hydrogens (tertiary/aromatic N) is 1. The number of hydrogen-bond acceptors (Lipinski definition) is 4. The van der Waals surface area contributed by atoms with Crippen LogP contribution in [0.1, 0.15) is 47.0 Å². The number of amides is 1. The molecule has 0 aromatic heterocycles. The van der Waals surface area contributed by atoms with E-state index in [0.29, 0.717) is 25.0 Å². The van der Waals surface area contributed by atoms with Crippen LogP contribution in [0.3, 0.4) is 0 Å². The van der Waals surface area contributed by atoms with Gasteiger partial charge in [-0.2, -0.15) is 0 Å². The second-order valence-corrected chi connectivity index (χ2v) is 7.34. The third kappa shape index (κ3) is 4.09. The van der Waals surface area contributed by atoms with E-state index in [9.17, 15) is 9.59 Å². The zero-order chi connectivity index (χ0) is 15.8. The zero-order valence-corrected chi connectivity index (χ0v) is 13.3. The monoisotopic (exact) mass is 298 g/mol. The van der Waals surface area contributed by atoms with Gasteiger partial charge in [-0.25, -0.2) is 4.79 Å². The highest BCUT2D eigenvalue weighted by Gasteiger charge is 2.51. The van der Waals surface area contributed by atoms with Gasteiger partial charge in [-0.1, -0.05) is 13.3 Å². The minimum atomic E-state index is -0.833. The smallest absolute Gasteiger partial charge is 0.410 e. The summed E-state index contributed by atoms with van der Waals surface area (Å²) in [6.45, 7) is 8.42. The van der Waals surface area contributed by atoms with Crippen molar-refractivity contribution in [3.63, 3.8) is 0 Å². The van der Waals surface area contributed by atoms with Crippen LogP contribution >= 0.6 is 0 Å². The normalized spacial score (nSPS) is 27.0. The van der Waals surface area contributed by atoms with E-state index in [1.807, 2.05) is 20.8 Å². The lowest BCUT2D eigenvalue weighted by Crippen LogP contribution is -2.71. The molecule has 1 saturated carbocycles. The van der Waals surface area contributed by atoms with E-state index in [0.717, 1.165) is 12.8 Å². The summed E-state index contributed by atoms with van der Waals surface area (Å²) in [5.74, 6) is -0.189. The van der Waals surface area contributed by atoms with Gasteiger partial charge in [-0.15, -0.1) is 0 Å². The van der Waals surface area contributed by atoms with Crippen LogP contribution in [0.25, 0.3) is 0 Å². The van der Waals surface area contributed by atoms with Crippen molar-refractivity contribution in [1.29, 1.82) is 0 Å². The molecule has 6 nitrogen and oxygen atoms in total. The number of rotatable bonds is 5. The van der Waals surface area contributed by atoms with Gasteiger partial charge in [0, 0.05) is 19.1 Å². The molecular weight excluding hydrogens is 272 g/mol. The molecule has 2 unspecified atom stereocenters. The molecule has 2 atom stereocenters. The molecule has 21 heavy (non-hydrogen) atoms. The van der Waals surface area contributed by atoms with Crippen molar-refractivity contribution in [3.8, 4) is 0 Å². The van der Waals surface area contributed by atoms with E-state index >= 15 is 0 Å². The summed E-state index contributed by atoms with van der Waals surface area (Å²) >= 11 is 0. The molecule has 1 heterocycles. The van der Waals surface area contributed by atoms with Gasteiger partial charge in [0.05, 0.1) is 12.0 Å². The Morgan fingerprint density at radius 1 is 1.38 bits per heavy atom. The minimum absolute atomic E-state index is 0.0409. The average molecular weight is 298 g/mol. The molecule has 1 saturated heterocycles. The van der Waals surface area contributed by atoms with Crippen LogP contribution in [0.5, 0.6) is 0 Å². The summed E-state index contributed by atoms with van der Waals surface area (Å²) in [7, 11) is 0. The molecule has 2 fully saturated rings. The van der Waals surface area contributed by atoms with Crippen molar-refractivity contribution in [2.75, 3.05) is 13.1 Å². The van der Waals surface area contributed by atoms with Crippen LogP contribution in [0.15, 0.2) is 0 Å². The van der Waals surface area contributed by atoms with Crippen LogP contribution < -0.4 is 5.32 Å². The number of carbonyl (C=O) groups excluding carboxylic acids is 1. The van der Waals surface area contributed by atoms with Gasteiger partial charge >= 0.3 is 12.1 Å². The van der Waals surface area contributed by atoms with Crippen molar-refractivity contribution >= 4 is 12.1 Å². The van der Waals surface area contributed by atoms with Crippen LogP contribution in [-0.2, 0) is 9.53 Å². The Hall–Kier alpha value is -1.30. The molecule has 2 aliphatic rings. The van der Waals surface area contributed by atoms with E-state index in [1.165, 1.54) is 0 Å². The Kier molecular flexibility index (Phi) is 4.19. The first-order valence-corrected chi connectivity index (χ1v) is 7.61. The first-order chi connectivity index (χ1) is 9.64. The van der Waals surface area contributed by atoms with E-state index in [4.69, 9.17) is 9.84 Å². The van der Waals surface area contributed by atoms with E-state index < -0.39 is 17.1 Å². The molecule has 0 aromatic rings. The van der Waals surface area contributed by atoms with Crippen LogP contribution in [0.2, 0.25) is 0 Å². The highest BCUT2D eigenvalue weighted by atomic mass is 16.6. The molecule has 2 N–H and O–H groups in total. The lowest BCUT2D eigenvalue weighted by Gasteiger charge is -2.50. The second kappa shape index (κ2) is 5.48. The molecule has 0 radical (unpaired) electrons. The number of likely N-dealkylation sites (tertiary alicyclic amines) is 1. The van der Waals surface area contributed by atoms with Gasteiger partial charge in [0.25, 0.3) is 0 Å². The maximum atomic E-state index is 12.0. The average Bonchev–Trinajstić information content (AvgIpc) is 3.00. The van der Waals surface area contributed by atoms with Gasteiger partial charge in [-0.3, -0.25) is 4.79 Å². The van der Waals surface area contributed by atoms with Gasteiger partial charge in [-0.05, 0) is 33.1 Å². The van der Waals surface area contributed by atoms with Gasteiger partial charge in [0.15, 0.2) is 0 Å². The number of hydrogen-bond donors (Lipinski definition) is 2. The van der Waals surface area contributed by atoms with Crippen molar-refractivity contribution in [2.24, 2.45) is 5.92 Å². The van der Waals surface area contributed by atoms with Crippen molar-refractivity contribution in [1.82, 2.24) is 10.2 Å². The number of nitrogens with one attached hydrogen (secondary N) is 1. The molecule has 6 heteroatoms. The number of carboxylic acid groups (broad SMARTS) is 1. The molecule has 1 amide bonds. The first kappa shape index (κ1) is 16.1. The lowest BCUT2D eigenvalue weighted by atomic mass is 9.86. The molecule has 0 aromatic carbocycles. The predicted molar refractivity (Wildman–Crippen MR) is 78.1 cm³/mol. The Balaban J connectivity index is 1.90. The molecule has 0 spiro atoms. The third-order valence-electron chi connectivity index (χ3n) is 4.07. The van der Waals surface area contributed by atoms with Crippen LogP contribution in [0.4, 0.5) is 4.79 Å². The van der Waals surface area contributed by atoms with Crippen LogP contribution in [-0.4, -0.2) is 52.3 Å².